The SMILES string of the molecule is O=C1C2C(Cc3ccc(O)cc3)NC3(C(=O)Nc4ccc(F)cc43)C2C(=O)N1Cc1ccccc1. The Balaban J connectivity index is 1.45. The van der Waals surface area contributed by atoms with Crippen LogP contribution >= 0.6 is 0 Å². The minimum atomic E-state index is -1.55. The second-order valence-electron chi connectivity index (χ2n) is 9.33. The molecule has 3 aromatic rings. The first-order chi connectivity index (χ1) is 16.9. The van der Waals surface area contributed by atoms with E-state index in [4.69, 9.17) is 0 Å². The van der Waals surface area contributed by atoms with E-state index in [-0.39, 0.29) is 18.2 Å². The van der Waals surface area contributed by atoms with Gasteiger partial charge in [-0.25, -0.2) is 4.39 Å². The van der Waals surface area contributed by atoms with Crippen molar-refractivity contribution >= 4 is 23.4 Å². The summed E-state index contributed by atoms with van der Waals surface area (Å²) >= 11 is 0. The maximum atomic E-state index is 14.3. The quantitative estimate of drug-likeness (QED) is 0.509. The molecule has 0 aromatic heterocycles. The van der Waals surface area contributed by atoms with Gasteiger partial charge in [0.15, 0.2) is 0 Å². The Labute approximate surface area is 200 Å². The van der Waals surface area contributed by atoms with Gasteiger partial charge in [0.25, 0.3) is 0 Å². The van der Waals surface area contributed by atoms with Crippen LogP contribution in [0.1, 0.15) is 16.7 Å². The highest BCUT2D eigenvalue weighted by molar-refractivity contribution is 6.15. The van der Waals surface area contributed by atoms with Gasteiger partial charge in [0, 0.05) is 17.3 Å². The summed E-state index contributed by atoms with van der Waals surface area (Å²) in [7, 11) is 0. The molecule has 3 heterocycles. The van der Waals surface area contributed by atoms with Crippen LogP contribution in [-0.4, -0.2) is 33.8 Å². The molecule has 0 aliphatic carbocycles. The van der Waals surface area contributed by atoms with Crippen molar-refractivity contribution in [2.24, 2.45) is 11.8 Å². The first kappa shape index (κ1) is 21.5. The Morgan fingerprint density at radius 3 is 2.40 bits per heavy atom. The van der Waals surface area contributed by atoms with E-state index in [0.717, 1.165) is 11.1 Å². The third kappa shape index (κ3) is 3.17. The molecule has 3 aromatic carbocycles. The van der Waals surface area contributed by atoms with Crippen molar-refractivity contribution in [1.29, 1.82) is 0 Å². The van der Waals surface area contributed by atoms with Crippen LogP contribution in [0.15, 0.2) is 72.8 Å². The first-order valence-electron chi connectivity index (χ1n) is 11.4. The molecule has 35 heavy (non-hydrogen) atoms. The molecule has 8 heteroatoms. The molecule has 0 saturated carbocycles. The monoisotopic (exact) mass is 471 g/mol. The van der Waals surface area contributed by atoms with Crippen molar-refractivity contribution < 1.29 is 23.9 Å². The summed E-state index contributed by atoms with van der Waals surface area (Å²) in [4.78, 5) is 42.2. The molecule has 6 rings (SSSR count). The van der Waals surface area contributed by atoms with Crippen molar-refractivity contribution in [3.63, 3.8) is 0 Å². The average Bonchev–Trinajstić information content (AvgIpc) is 3.42. The van der Waals surface area contributed by atoms with Crippen LogP contribution in [0.2, 0.25) is 0 Å². The number of likely N-dealkylation sites (tertiary alicyclic amines) is 1. The van der Waals surface area contributed by atoms with Gasteiger partial charge in [0.05, 0.1) is 18.4 Å². The number of anilines is 1. The molecule has 3 aliphatic heterocycles. The van der Waals surface area contributed by atoms with Crippen LogP contribution < -0.4 is 10.6 Å². The number of halogens is 1. The van der Waals surface area contributed by atoms with Crippen molar-refractivity contribution in [3.8, 4) is 5.75 Å². The van der Waals surface area contributed by atoms with Crippen molar-refractivity contribution in [1.82, 2.24) is 10.2 Å². The molecule has 176 valence electrons. The average molecular weight is 471 g/mol. The van der Waals surface area contributed by atoms with Gasteiger partial charge in [-0.1, -0.05) is 42.5 Å². The molecule has 3 amide bonds. The van der Waals surface area contributed by atoms with Crippen LogP contribution in [0, 0.1) is 17.7 Å². The van der Waals surface area contributed by atoms with Crippen LogP contribution in [0.5, 0.6) is 5.75 Å². The second-order valence-corrected chi connectivity index (χ2v) is 9.33. The molecule has 4 unspecified atom stereocenters. The maximum Gasteiger partial charge on any atom is 0.250 e. The van der Waals surface area contributed by atoms with Crippen LogP contribution in [-0.2, 0) is 32.9 Å². The number of aromatic hydroxyl groups is 1. The first-order valence-corrected chi connectivity index (χ1v) is 11.4. The highest BCUT2D eigenvalue weighted by Gasteiger charge is 2.70. The summed E-state index contributed by atoms with van der Waals surface area (Å²) in [6, 6.07) is 19.2. The van der Waals surface area contributed by atoms with E-state index in [2.05, 4.69) is 10.6 Å². The van der Waals surface area contributed by atoms with E-state index in [0.29, 0.717) is 17.7 Å². The number of hydrogen-bond acceptors (Lipinski definition) is 5. The largest absolute Gasteiger partial charge is 0.508 e. The Hall–Kier alpha value is -4.04. The zero-order valence-electron chi connectivity index (χ0n) is 18.6. The molecule has 2 fully saturated rings. The number of amides is 3. The highest BCUT2D eigenvalue weighted by atomic mass is 19.1. The Morgan fingerprint density at radius 2 is 1.66 bits per heavy atom. The number of imide groups is 1. The van der Waals surface area contributed by atoms with Gasteiger partial charge in [-0.3, -0.25) is 24.6 Å². The molecule has 3 N–H and O–H groups in total. The number of carbonyl (C=O) groups excluding carboxylic acids is 3. The Morgan fingerprint density at radius 1 is 0.914 bits per heavy atom. The summed E-state index contributed by atoms with van der Waals surface area (Å²) in [5, 5.41) is 15.7. The lowest BCUT2D eigenvalue weighted by Crippen LogP contribution is -2.53. The second kappa shape index (κ2) is 7.74. The lowest BCUT2D eigenvalue weighted by Gasteiger charge is -2.29. The van der Waals surface area contributed by atoms with Gasteiger partial charge in [-0.2, -0.15) is 0 Å². The molecule has 0 bridgehead atoms. The third-order valence-corrected chi connectivity index (χ3v) is 7.34. The van der Waals surface area contributed by atoms with Crippen LogP contribution in [0.4, 0.5) is 10.1 Å². The van der Waals surface area contributed by atoms with Crippen molar-refractivity contribution in [2.45, 2.75) is 24.5 Å². The van der Waals surface area contributed by atoms with E-state index in [1.165, 1.54) is 23.1 Å². The number of phenolic OH excluding ortho intramolecular Hbond substituents is 1. The lowest BCUT2D eigenvalue weighted by molar-refractivity contribution is -0.143. The Kier molecular flexibility index (Phi) is 4.76. The van der Waals surface area contributed by atoms with E-state index in [1.54, 1.807) is 24.3 Å². The van der Waals surface area contributed by atoms with Crippen LogP contribution in [0.3, 0.4) is 0 Å². The molecular weight excluding hydrogens is 449 g/mol. The van der Waals surface area contributed by atoms with Gasteiger partial charge in [0.1, 0.15) is 17.1 Å². The van der Waals surface area contributed by atoms with Gasteiger partial charge in [-0.05, 0) is 47.9 Å². The minimum Gasteiger partial charge on any atom is -0.508 e. The number of fused-ring (bicyclic) bond motifs is 4. The zero-order valence-corrected chi connectivity index (χ0v) is 18.6. The topological polar surface area (TPSA) is 98.7 Å². The number of nitrogens with one attached hydrogen (secondary N) is 2. The zero-order chi connectivity index (χ0) is 24.3. The highest BCUT2D eigenvalue weighted by Crippen LogP contribution is 2.53. The van der Waals surface area contributed by atoms with Gasteiger partial charge >= 0.3 is 0 Å². The number of benzene rings is 3. The standard InChI is InChI=1S/C27H22FN3O4/c28-17-8-11-20-19(13-17)27(26(35)29-20)23-22(21(30-27)12-15-6-9-18(32)10-7-15)24(33)31(25(23)34)14-16-4-2-1-3-5-16/h1-11,13,21-23,30,32H,12,14H2,(H,29,35). The summed E-state index contributed by atoms with van der Waals surface area (Å²) in [5.41, 5.74) is 0.842. The number of phenols is 1. The number of nitrogens with zero attached hydrogens (tertiary/aromatic N) is 1. The Bertz CT molecular complexity index is 1360. The van der Waals surface area contributed by atoms with E-state index in [1.807, 2.05) is 30.3 Å². The normalized spacial score (nSPS) is 26.8. The number of rotatable bonds is 4. The third-order valence-electron chi connectivity index (χ3n) is 7.34. The summed E-state index contributed by atoms with van der Waals surface area (Å²) in [6.45, 7) is 0.102. The molecule has 7 nitrogen and oxygen atoms in total. The fourth-order valence-electron chi connectivity index (χ4n) is 5.82. The van der Waals surface area contributed by atoms with Gasteiger partial charge < -0.3 is 10.4 Å². The maximum absolute atomic E-state index is 14.3. The smallest absolute Gasteiger partial charge is 0.250 e. The summed E-state index contributed by atoms with van der Waals surface area (Å²) < 4.78 is 14.3. The van der Waals surface area contributed by atoms with E-state index in [9.17, 15) is 23.9 Å². The summed E-state index contributed by atoms with van der Waals surface area (Å²) in [6.07, 6.45) is 0.347. The minimum absolute atomic E-state index is 0.102. The van der Waals surface area contributed by atoms with Gasteiger partial charge in [-0.15, -0.1) is 0 Å². The fourth-order valence-corrected chi connectivity index (χ4v) is 5.82. The van der Waals surface area contributed by atoms with E-state index < -0.39 is 41.0 Å². The molecule has 4 atom stereocenters. The number of hydrogen-bond donors (Lipinski definition) is 3. The predicted octanol–water partition coefficient (Wildman–Crippen LogP) is 2.69. The number of carbonyl (C=O) groups is 3. The molecule has 3 aliphatic rings. The molecular formula is C27H22FN3O4. The van der Waals surface area contributed by atoms with Gasteiger partial charge in [0.2, 0.25) is 17.7 Å². The predicted molar refractivity (Wildman–Crippen MR) is 124 cm³/mol. The summed E-state index contributed by atoms with van der Waals surface area (Å²) in [5.74, 6) is -3.50. The molecule has 0 radical (unpaired) electrons. The fraction of sp³-hybridized carbons (Fsp3) is 0.222. The van der Waals surface area contributed by atoms with E-state index >= 15 is 0 Å². The molecule has 1 spiro atoms. The lowest BCUT2D eigenvalue weighted by atomic mass is 9.76. The van der Waals surface area contributed by atoms with Crippen molar-refractivity contribution in [2.75, 3.05) is 5.32 Å². The molecule has 2 saturated heterocycles. The van der Waals surface area contributed by atoms with Crippen LogP contribution in [0.25, 0.3) is 0 Å². The van der Waals surface area contributed by atoms with Crippen molar-refractivity contribution in [3.05, 3.63) is 95.3 Å².